The predicted octanol–water partition coefficient (Wildman–Crippen LogP) is 9.62. The number of rotatable bonds is 40. The molecule has 0 fully saturated rings. The van der Waals surface area contributed by atoms with Crippen molar-refractivity contribution < 1.29 is 71.5 Å². The van der Waals surface area contributed by atoms with Crippen LogP contribution in [-0.4, -0.2) is 87.4 Å². The van der Waals surface area contributed by atoms with E-state index >= 15 is 0 Å². The van der Waals surface area contributed by atoms with Crippen LogP contribution in [-0.2, 0) is 46.6 Å². The van der Waals surface area contributed by atoms with Crippen molar-refractivity contribution in [1.82, 2.24) is 0 Å². The number of hydrogen-bond acceptors (Lipinski definition) is 12. The summed E-state index contributed by atoms with van der Waals surface area (Å²) < 4.78 is 47.8. The van der Waals surface area contributed by atoms with E-state index in [9.17, 15) is 38.6 Å². The van der Waals surface area contributed by atoms with Crippen molar-refractivity contribution in [2.75, 3.05) is 26.4 Å². The summed E-state index contributed by atoms with van der Waals surface area (Å²) in [6.07, 6.45) is 35.5. The van der Waals surface area contributed by atoms with Crippen LogP contribution < -0.4 is 0 Å². The van der Waals surface area contributed by atoms with Crippen LogP contribution in [0.5, 0.6) is 0 Å². The van der Waals surface area contributed by atoms with Crippen molar-refractivity contribution in [3.05, 3.63) is 60.8 Å². The lowest BCUT2D eigenvalue weighted by Gasteiger charge is -2.20. The van der Waals surface area contributed by atoms with Gasteiger partial charge in [0.05, 0.1) is 25.9 Å². The fraction of sp³-hybridized carbons (Fsp3) is 0.717. The topological polar surface area (TPSA) is 233 Å². The molecular formula is C46H78O15P2. The average Bonchev–Trinajstić information content (AvgIpc) is 3.59. The van der Waals surface area contributed by atoms with E-state index in [0.29, 0.717) is 32.1 Å². The van der Waals surface area contributed by atoms with Crippen LogP contribution in [0.15, 0.2) is 60.8 Å². The second-order valence-electron chi connectivity index (χ2n) is 16.0. The highest BCUT2D eigenvalue weighted by atomic mass is 31.2. The van der Waals surface area contributed by atoms with Crippen molar-refractivity contribution in [3.63, 3.8) is 0 Å². The van der Waals surface area contributed by atoms with Crippen molar-refractivity contribution in [2.24, 2.45) is 11.8 Å². The maximum Gasteiger partial charge on any atom is 0.472 e. The molecule has 362 valence electrons. The minimum Gasteiger partial charge on any atom is -0.462 e. The highest BCUT2D eigenvalue weighted by Gasteiger charge is 2.29. The summed E-state index contributed by atoms with van der Waals surface area (Å²) in [5.41, 5.74) is 0. The molecule has 0 saturated heterocycles. The van der Waals surface area contributed by atoms with Crippen LogP contribution in [0.1, 0.15) is 155 Å². The monoisotopic (exact) mass is 932 g/mol. The van der Waals surface area contributed by atoms with Crippen LogP contribution >= 0.6 is 15.6 Å². The first-order valence-corrected chi connectivity index (χ1v) is 26.1. The van der Waals surface area contributed by atoms with Gasteiger partial charge in [-0.2, -0.15) is 0 Å². The molecule has 1 aliphatic carbocycles. The van der Waals surface area contributed by atoms with E-state index < -0.39 is 72.3 Å². The zero-order valence-corrected chi connectivity index (χ0v) is 39.5. The van der Waals surface area contributed by atoms with E-state index in [1.807, 2.05) is 18.2 Å². The zero-order chi connectivity index (χ0) is 46.6. The van der Waals surface area contributed by atoms with Crippen LogP contribution in [0, 0.1) is 11.8 Å². The predicted molar refractivity (Wildman–Crippen MR) is 243 cm³/mol. The lowest BCUT2D eigenvalue weighted by atomic mass is 9.90. The van der Waals surface area contributed by atoms with Gasteiger partial charge in [0.2, 0.25) is 0 Å². The third-order valence-electron chi connectivity index (χ3n) is 10.1. The van der Waals surface area contributed by atoms with E-state index in [1.54, 1.807) is 18.2 Å². The van der Waals surface area contributed by atoms with E-state index in [0.717, 1.165) is 77.0 Å². The summed E-state index contributed by atoms with van der Waals surface area (Å²) in [4.78, 5) is 65.4. The first-order valence-electron chi connectivity index (χ1n) is 23.0. The van der Waals surface area contributed by atoms with Crippen molar-refractivity contribution in [1.29, 1.82) is 0 Å². The highest BCUT2D eigenvalue weighted by Crippen LogP contribution is 2.44. The molecule has 0 spiro atoms. The largest absolute Gasteiger partial charge is 0.472 e. The molecule has 17 heteroatoms. The minimum atomic E-state index is -4.89. The smallest absolute Gasteiger partial charge is 0.462 e. The molecule has 1 unspecified atom stereocenters. The third-order valence-corrected chi connectivity index (χ3v) is 11.6. The number of phosphoric acid groups is 2. The Morgan fingerprint density at radius 1 is 0.683 bits per heavy atom. The second kappa shape index (κ2) is 36.6. The Bertz CT molecular complexity index is 1490. The van der Waals surface area contributed by atoms with Crippen LogP contribution in [0.4, 0.5) is 0 Å². The summed E-state index contributed by atoms with van der Waals surface area (Å²) in [5, 5.41) is 20.0. The number of aliphatic hydroxyl groups excluding tert-OH is 2. The lowest BCUT2D eigenvalue weighted by molar-refractivity contribution is -0.161. The molecule has 0 radical (unpaired) electrons. The number of unbranched alkanes of at least 4 members (excludes halogenated alkanes) is 13. The maximum absolute atomic E-state index is 12.8. The molecule has 0 saturated carbocycles. The van der Waals surface area contributed by atoms with E-state index in [-0.39, 0.29) is 30.5 Å². The molecular weight excluding hydrogens is 854 g/mol. The number of esters is 2. The molecule has 0 aromatic heterocycles. The van der Waals surface area contributed by atoms with Gasteiger partial charge in [0.25, 0.3) is 0 Å². The van der Waals surface area contributed by atoms with Crippen LogP contribution in [0.3, 0.4) is 0 Å². The van der Waals surface area contributed by atoms with Crippen molar-refractivity contribution >= 4 is 33.4 Å². The molecule has 0 heterocycles. The number of carbonyl (C=O) groups is 3. The lowest BCUT2D eigenvalue weighted by Crippen LogP contribution is -2.29. The fourth-order valence-corrected chi connectivity index (χ4v) is 7.64. The fourth-order valence-electron chi connectivity index (χ4n) is 6.49. The number of carbonyl (C=O) groups excluding carboxylic acids is 3. The number of ether oxygens (including phenoxy) is 2. The first-order chi connectivity index (χ1) is 30.2. The van der Waals surface area contributed by atoms with E-state index in [2.05, 4.69) is 47.2 Å². The Kier molecular flexibility index (Phi) is 34.0. The van der Waals surface area contributed by atoms with Gasteiger partial charge in [0.15, 0.2) is 11.9 Å². The molecule has 63 heavy (non-hydrogen) atoms. The van der Waals surface area contributed by atoms with Gasteiger partial charge in [-0.1, -0.05) is 133 Å². The third kappa shape index (κ3) is 34.5. The SMILES string of the molecule is CCCCC/C=C\C/C=C\CCCCCCCCCC(=O)OC[C@H](COP(=O)(O)OC[C@@H](O)COP(=O)(O)O)OC(=O)CCC/C=C\C[C@H]1C=CC(=O)[C@@H]1/C=C/[C@@H](O)CCCCC. The van der Waals surface area contributed by atoms with E-state index in [1.165, 1.54) is 19.3 Å². The number of allylic oxidation sites excluding steroid dienone is 9. The van der Waals surface area contributed by atoms with Crippen molar-refractivity contribution in [2.45, 2.75) is 173 Å². The molecule has 0 aromatic carbocycles. The van der Waals surface area contributed by atoms with Gasteiger partial charge in [-0.3, -0.25) is 28.0 Å². The molecule has 1 aliphatic rings. The molecule has 5 N–H and O–H groups in total. The zero-order valence-electron chi connectivity index (χ0n) is 37.8. The van der Waals surface area contributed by atoms with Gasteiger partial charge < -0.3 is 34.4 Å². The molecule has 0 bridgehead atoms. The number of phosphoric ester groups is 2. The molecule has 0 amide bonds. The summed E-state index contributed by atoms with van der Waals surface area (Å²) in [7, 11) is -9.76. The number of aliphatic hydroxyl groups is 2. The second-order valence-corrected chi connectivity index (χ2v) is 18.7. The molecule has 15 nitrogen and oxygen atoms in total. The van der Waals surface area contributed by atoms with Gasteiger partial charge in [-0.05, 0) is 76.2 Å². The van der Waals surface area contributed by atoms with Crippen LogP contribution in [0.25, 0.3) is 0 Å². The Hall–Kier alpha value is -2.55. The van der Waals surface area contributed by atoms with Gasteiger partial charge in [0.1, 0.15) is 12.7 Å². The summed E-state index contributed by atoms with van der Waals surface area (Å²) >= 11 is 0. The Labute approximate surface area is 376 Å². The quantitative estimate of drug-likeness (QED) is 0.0167. The Balaban J connectivity index is 2.52. The number of hydrogen-bond donors (Lipinski definition) is 5. The summed E-state index contributed by atoms with van der Waals surface area (Å²) in [6.45, 7) is 1.40. The molecule has 0 aliphatic heterocycles. The van der Waals surface area contributed by atoms with Gasteiger partial charge >= 0.3 is 27.6 Å². The van der Waals surface area contributed by atoms with Gasteiger partial charge in [-0.15, -0.1) is 0 Å². The molecule has 6 atom stereocenters. The minimum absolute atomic E-state index is 0.000683. The standard InChI is InChI=1S/C46H78O15P2/c1-3-5-7-8-9-10-11-12-13-14-15-16-17-18-19-20-25-29-45(50)57-37-42(38-60-63(55,56)59-36-41(48)35-58-62(52,53)54)61-46(51)30-26-22-21-24-27-39-31-34-44(49)43(39)33-32-40(47)28-23-6-4-2/h9-10,12-13,21,24,31-34,39-43,47-48H,3-8,11,14-20,22-23,25-30,35-38H2,1-2H3,(H,55,56)(H2,52,53,54)/b10-9-,13-12-,24-21-,33-32+/t39-,40-,41-,42+,43+/m0/s1. The average molecular weight is 933 g/mol. The normalized spacial score (nSPS) is 18.2. The highest BCUT2D eigenvalue weighted by molar-refractivity contribution is 7.47. The van der Waals surface area contributed by atoms with E-state index in [4.69, 9.17) is 23.8 Å². The van der Waals surface area contributed by atoms with Gasteiger partial charge in [0, 0.05) is 18.8 Å². The van der Waals surface area contributed by atoms with Crippen LogP contribution in [0.2, 0.25) is 0 Å². The molecule has 0 aromatic rings. The Morgan fingerprint density at radius 2 is 1.25 bits per heavy atom. The summed E-state index contributed by atoms with van der Waals surface area (Å²) in [6, 6.07) is 0. The molecule has 1 rings (SSSR count). The summed E-state index contributed by atoms with van der Waals surface area (Å²) in [5.74, 6) is -1.56. The Morgan fingerprint density at radius 3 is 1.94 bits per heavy atom. The first kappa shape index (κ1) is 58.5. The maximum atomic E-state index is 12.8. The number of ketones is 1. The van der Waals surface area contributed by atoms with Gasteiger partial charge in [-0.25, -0.2) is 9.13 Å². The van der Waals surface area contributed by atoms with Crippen molar-refractivity contribution in [3.8, 4) is 0 Å².